The molecule has 0 radical (unpaired) electrons. The van der Waals surface area contributed by atoms with Gasteiger partial charge in [0.25, 0.3) is 0 Å². The molecule has 0 bridgehead atoms. The molecule has 0 amide bonds. The van der Waals surface area contributed by atoms with Gasteiger partial charge < -0.3 is 4.74 Å². The summed E-state index contributed by atoms with van der Waals surface area (Å²) in [6.45, 7) is 3.12. The zero-order chi connectivity index (χ0) is 6.85. The van der Waals surface area contributed by atoms with Gasteiger partial charge in [-0.05, 0) is 14.0 Å². The van der Waals surface area contributed by atoms with Gasteiger partial charge >= 0.3 is 0 Å². The number of hydrogen-bond acceptors (Lipinski definition) is 2. The molecule has 0 aromatic heterocycles. The minimum absolute atomic E-state index is 0.0405. The molecule has 0 unspecified atom stereocenters. The summed E-state index contributed by atoms with van der Waals surface area (Å²) in [4.78, 5) is 1.93. The first-order chi connectivity index (χ1) is 4.18. The number of nitrogens with zero attached hydrogens (tertiary/aromatic N) is 1. The lowest BCUT2D eigenvalue weighted by Gasteiger charge is -2.29. The van der Waals surface area contributed by atoms with Crippen molar-refractivity contribution >= 4 is 0 Å². The third-order valence-electron chi connectivity index (χ3n) is 1.40. The molecule has 1 rings (SSSR count). The van der Waals surface area contributed by atoms with E-state index in [2.05, 4.69) is 0 Å². The maximum absolute atomic E-state index is 12.4. The predicted molar refractivity (Wildman–Crippen MR) is 32.9 cm³/mol. The van der Waals surface area contributed by atoms with Crippen LogP contribution in [0, 0.1) is 0 Å². The van der Waals surface area contributed by atoms with E-state index in [4.69, 9.17) is 4.74 Å². The van der Waals surface area contributed by atoms with Crippen molar-refractivity contribution in [3.05, 3.63) is 0 Å². The SMILES string of the molecule is C[C@@H]1CN(C)C[C@H](F)O1. The highest BCUT2D eigenvalue weighted by Gasteiger charge is 2.21. The first kappa shape index (κ1) is 6.96. The van der Waals surface area contributed by atoms with E-state index in [9.17, 15) is 4.39 Å². The summed E-state index contributed by atoms with van der Waals surface area (Å²) in [7, 11) is 1.89. The predicted octanol–water partition coefficient (Wildman–Crippen LogP) is 0.632. The fourth-order valence-corrected chi connectivity index (χ4v) is 1.10. The van der Waals surface area contributed by atoms with Gasteiger partial charge in [0, 0.05) is 6.54 Å². The van der Waals surface area contributed by atoms with Crippen molar-refractivity contribution in [2.75, 3.05) is 20.1 Å². The second kappa shape index (κ2) is 2.62. The van der Waals surface area contributed by atoms with E-state index in [0.717, 1.165) is 6.54 Å². The molecule has 0 spiro atoms. The number of ether oxygens (including phenoxy) is 1. The standard InChI is InChI=1S/C6H12FNO/c1-5-3-8(2)4-6(7)9-5/h5-6H,3-4H2,1-2H3/t5-,6-/m1/s1. The molecule has 1 fully saturated rings. The Hall–Kier alpha value is -0.150. The van der Waals surface area contributed by atoms with Crippen LogP contribution in [0.25, 0.3) is 0 Å². The Balaban J connectivity index is 2.34. The molecular weight excluding hydrogens is 121 g/mol. The second-order valence-electron chi connectivity index (χ2n) is 2.58. The maximum Gasteiger partial charge on any atom is 0.211 e. The molecule has 0 saturated carbocycles. The number of halogens is 1. The van der Waals surface area contributed by atoms with Crippen LogP contribution in [0.4, 0.5) is 4.39 Å². The molecule has 1 saturated heterocycles. The summed E-state index contributed by atoms with van der Waals surface area (Å²) in [5, 5.41) is 0. The van der Waals surface area contributed by atoms with Crippen molar-refractivity contribution in [3.63, 3.8) is 0 Å². The van der Waals surface area contributed by atoms with Crippen LogP contribution in [-0.2, 0) is 4.74 Å². The van der Waals surface area contributed by atoms with Gasteiger partial charge in [0.2, 0.25) is 6.36 Å². The highest BCUT2D eigenvalue weighted by molar-refractivity contribution is 4.66. The minimum atomic E-state index is -1.08. The topological polar surface area (TPSA) is 12.5 Å². The van der Waals surface area contributed by atoms with Crippen molar-refractivity contribution < 1.29 is 9.13 Å². The van der Waals surface area contributed by atoms with E-state index >= 15 is 0 Å². The van der Waals surface area contributed by atoms with Crippen LogP contribution >= 0.6 is 0 Å². The molecule has 54 valence electrons. The van der Waals surface area contributed by atoms with Crippen LogP contribution in [-0.4, -0.2) is 37.5 Å². The third kappa shape index (κ3) is 1.91. The van der Waals surface area contributed by atoms with Crippen LogP contribution in [0.2, 0.25) is 0 Å². The Bertz CT molecular complexity index is 74.0. The first-order valence-electron chi connectivity index (χ1n) is 3.16. The van der Waals surface area contributed by atoms with Gasteiger partial charge in [-0.15, -0.1) is 0 Å². The average Bonchev–Trinajstić information content (AvgIpc) is 1.59. The molecule has 0 aromatic carbocycles. The lowest BCUT2D eigenvalue weighted by molar-refractivity contribution is -0.131. The van der Waals surface area contributed by atoms with Gasteiger partial charge in [-0.2, -0.15) is 0 Å². The van der Waals surface area contributed by atoms with Crippen molar-refractivity contribution in [2.24, 2.45) is 0 Å². The van der Waals surface area contributed by atoms with Crippen LogP contribution in [0.15, 0.2) is 0 Å². The number of hydrogen-bond donors (Lipinski definition) is 0. The van der Waals surface area contributed by atoms with Crippen LogP contribution < -0.4 is 0 Å². The maximum atomic E-state index is 12.4. The normalized spacial score (nSPS) is 39.0. The summed E-state index contributed by atoms with van der Waals surface area (Å²) >= 11 is 0. The summed E-state index contributed by atoms with van der Waals surface area (Å²) in [6, 6.07) is 0. The summed E-state index contributed by atoms with van der Waals surface area (Å²) in [6.07, 6.45) is -1.04. The van der Waals surface area contributed by atoms with Crippen molar-refractivity contribution in [2.45, 2.75) is 19.4 Å². The van der Waals surface area contributed by atoms with Gasteiger partial charge in [-0.1, -0.05) is 0 Å². The largest absolute Gasteiger partial charge is 0.343 e. The lowest BCUT2D eigenvalue weighted by Crippen LogP contribution is -2.42. The zero-order valence-corrected chi connectivity index (χ0v) is 5.80. The smallest absolute Gasteiger partial charge is 0.211 e. The van der Waals surface area contributed by atoms with Gasteiger partial charge in [0.1, 0.15) is 0 Å². The third-order valence-corrected chi connectivity index (χ3v) is 1.40. The van der Waals surface area contributed by atoms with Gasteiger partial charge in [-0.3, -0.25) is 4.90 Å². The minimum Gasteiger partial charge on any atom is -0.343 e. The van der Waals surface area contributed by atoms with Crippen molar-refractivity contribution in [1.82, 2.24) is 4.90 Å². The quantitative estimate of drug-likeness (QED) is 0.480. The van der Waals surface area contributed by atoms with E-state index in [1.165, 1.54) is 0 Å². The number of morpholine rings is 1. The molecule has 1 heterocycles. The number of alkyl halides is 1. The van der Waals surface area contributed by atoms with Crippen LogP contribution in [0.1, 0.15) is 6.92 Å². The molecule has 2 atom stereocenters. The van der Waals surface area contributed by atoms with E-state index in [1.54, 1.807) is 0 Å². The highest BCUT2D eigenvalue weighted by Crippen LogP contribution is 2.08. The summed E-state index contributed by atoms with van der Waals surface area (Å²) in [5.74, 6) is 0. The molecule has 1 aliphatic rings. The summed E-state index contributed by atoms with van der Waals surface area (Å²) in [5.41, 5.74) is 0. The average molecular weight is 133 g/mol. The van der Waals surface area contributed by atoms with Crippen LogP contribution in [0.5, 0.6) is 0 Å². The van der Waals surface area contributed by atoms with E-state index in [1.807, 2.05) is 18.9 Å². The van der Waals surface area contributed by atoms with Crippen molar-refractivity contribution in [3.8, 4) is 0 Å². The van der Waals surface area contributed by atoms with Gasteiger partial charge in [-0.25, -0.2) is 4.39 Å². The monoisotopic (exact) mass is 133 g/mol. The molecule has 1 aliphatic heterocycles. The van der Waals surface area contributed by atoms with Crippen molar-refractivity contribution in [1.29, 1.82) is 0 Å². The summed E-state index contributed by atoms with van der Waals surface area (Å²) < 4.78 is 17.3. The lowest BCUT2D eigenvalue weighted by atomic mass is 10.3. The molecule has 9 heavy (non-hydrogen) atoms. The fourth-order valence-electron chi connectivity index (χ4n) is 1.10. The Labute approximate surface area is 54.6 Å². The van der Waals surface area contributed by atoms with E-state index in [0.29, 0.717) is 6.54 Å². The number of likely N-dealkylation sites (N-methyl/N-ethyl adjacent to an activating group) is 1. The molecular formula is C6H12FNO. The Morgan fingerprint density at radius 3 is 2.67 bits per heavy atom. The Morgan fingerprint density at radius 1 is 1.56 bits per heavy atom. The Kier molecular flexibility index (Phi) is 2.03. The highest BCUT2D eigenvalue weighted by atomic mass is 19.1. The molecule has 0 aliphatic carbocycles. The number of rotatable bonds is 0. The van der Waals surface area contributed by atoms with E-state index in [-0.39, 0.29) is 6.10 Å². The molecule has 2 nitrogen and oxygen atoms in total. The molecule has 3 heteroatoms. The zero-order valence-electron chi connectivity index (χ0n) is 5.80. The Morgan fingerprint density at radius 2 is 2.22 bits per heavy atom. The molecule has 0 aromatic rings. The van der Waals surface area contributed by atoms with Gasteiger partial charge in [0.05, 0.1) is 12.6 Å². The first-order valence-corrected chi connectivity index (χ1v) is 3.16. The van der Waals surface area contributed by atoms with Gasteiger partial charge in [0.15, 0.2) is 0 Å². The van der Waals surface area contributed by atoms with Crippen LogP contribution in [0.3, 0.4) is 0 Å². The fraction of sp³-hybridized carbons (Fsp3) is 1.00. The molecule has 0 N–H and O–H groups in total. The second-order valence-corrected chi connectivity index (χ2v) is 2.58. The van der Waals surface area contributed by atoms with E-state index < -0.39 is 6.36 Å².